The van der Waals surface area contributed by atoms with Gasteiger partial charge in [0.05, 0.1) is 15.6 Å². The molecule has 0 aromatic heterocycles. The fraction of sp³-hybridized carbons (Fsp3) is 0. The molecule has 1 heterocycles. The van der Waals surface area contributed by atoms with Crippen LogP contribution in [0.2, 0.25) is 10.0 Å². The van der Waals surface area contributed by atoms with E-state index in [1.54, 1.807) is 30.3 Å². The molecule has 2 nitrogen and oxygen atoms in total. The number of hydrogen-bond acceptors (Lipinski definition) is 3. The highest BCUT2D eigenvalue weighted by atomic mass is 35.5. The first-order valence-electron chi connectivity index (χ1n) is 6.45. The summed E-state index contributed by atoms with van der Waals surface area (Å²) in [6, 6.07) is 11.1. The number of nitrogens with zero attached hydrogens (tertiary/aromatic N) is 1. The highest BCUT2D eigenvalue weighted by Crippen LogP contribution is 2.37. The maximum Gasteiger partial charge on any atom is 0.270 e. The summed E-state index contributed by atoms with van der Waals surface area (Å²) >= 11 is 18.2. The minimum atomic E-state index is -0.491. The minimum absolute atomic E-state index is 0.172. The average Bonchev–Trinajstić information content (AvgIpc) is 2.79. The van der Waals surface area contributed by atoms with Crippen LogP contribution in [-0.4, -0.2) is 10.2 Å². The number of rotatable bonds is 2. The van der Waals surface area contributed by atoms with Gasteiger partial charge in [0, 0.05) is 10.6 Å². The van der Waals surface area contributed by atoms with E-state index in [4.69, 9.17) is 35.4 Å². The molecule has 1 fully saturated rings. The molecule has 1 aliphatic heterocycles. The number of thioether (sulfide) groups is 1. The van der Waals surface area contributed by atoms with Crippen LogP contribution in [0.4, 0.5) is 10.1 Å². The topological polar surface area (TPSA) is 20.3 Å². The molecule has 7 heteroatoms. The van der Waals surface area contributed by atoms with Crippen molar-refractivity contribution in [3.63, 3.8) is 0 Å². The van der Waals surface area contributed by atoms with Gasteiger partial charge >= 0.3 is 0 Å². The Hall–Kier alpha value is -1.40. The van der Waals surface area contributed by atoms with Gasteiger partial charge < -0.3 is 0 Å². The van der Waals surface area contributed by atoms with E-state index >= 15 is 0 Å². The van der Waals surface area contributed by atoms with Gasteiger partial charge in [-0.15, -0.1) is 0 Å². The lowest BCUT2D eigenvalue weighted by Crippen LogP contribution is -2.27. The molecule has 0 unspecified atom stereocenters. The zero-order chi connectivity index (χ0) is 16.6. The fourth-order valence-corrected chi connectivity index (χ4v) is 3.68. The molecule has 0 aliphatic carbocycles. The predicted octanol–water partition coefficient (Wildman–Crippen LogP) is 5.54. The zero-order valence-electron chi connectivity index (χ0n) is 11.4. The van der Waals surface area contributed by atoms with E-state index in [1.807, 2.05) is 0 Å². The highest BCUT2D eigenvalue weighted by molar-refractivity contribution is 8.27. The van der Waals surface area contributed by atoms with Gasteiger partial charge in [0.1, 0.15) is 5.82 Å². The molecule has 0 N–H and O–H groups in total. The first kappa shape index (κ1) is 16.5. The Morgan fingerprint density at radius 3 is 2.48 bits per heavy atom. The number of amides is 1. The van der Waals surface area contributed by atoms with Crippen LogP contribution in [0.25, 0.3) is 6.08 Å². The lowest BCUT2D eigenvalue weighted by Gasteiger charge is -2.14. The number of carbonyl (C=O) groups excluding carboxylic acids is 1. The van der Waals surface area contributed by atoms with Crippen LogP contribution in [-0.2, 0) is 4.79 Å². The van der Waals surface area contributed by atoms with Crippen LogP contribution >= 0.6 is 47.2 Å². The van der Waals surface area contributed by atoms with Crippen molar-refractivity contribution in [3.8, 4) is 0 Å². The second kappa shape index (κ2) is 6.61. The second-order valence-electron chi connectivity index (χ2n) is 4.63. The van der Waals surface area contributed by atoms with Gasteiger partial charge in [0.15, 0.2) is 4.32 Å². The molecule has 0 atom stereocenters. The van der Waals surface area contributed by atoms with Crippen LogP contribution in [0.15, 0.2) is 47.4 Å². The lowest BCUT2D eigenvalue weighted by atomic mass is 10.2. The Balaban J connectivity index is 1.98. The van der Waals surface area contributed by atoms with Crippen molar-refractivity contribution in [2.75, 3.05) is 4.90 Å². The third kappa shape index (κ3) is 3.28. The third-order valence-electron chi connectivity index (χ3n) is 3.15. The molecule has 0 saturated carbocycles. The van der Waals surface area contributed by atoms with Gasteiger partial charge in [-0.1, -0.05) is 53.2 Å². The van der Waals surface area contributed by atoms with E-state index in [-0.39, 0.29) is 16.5 Å². The van der Waals surface area contributed by atoms with Crippen molar-refractivity contribution in [1.82, 2.24) is 0 Å². The van der Waals surface area contributed by atoms with Crippen molar-refractivity contribution in [3.05, 3.63) is 68.8 Å². The Morgan fingerprint density at radius 2 is 1.83 bits per heavy atom. The third-order valence-corrected chi connectivity index (χ3v) is 5.04. The Bertz CT molecular complexity index is 816. The second-order valence-corrected chi connectivity index (χ2v) is 7.15. The smallest absolute Gasteiger partial charge is 0.268 e. The molecule has 3 rings (SSSR count). The molecule has 2 aromatic rings. The first-order chi connectivity index (χ1) is 11.0. The molecule has 116 valence electrons. The number of halogens is 3. The van der Waals surface area contributed by atoms with Crippen LogP contribution in [0.3, 0.4) is 0 Å². The van der Waals surface area contributed by atoms with E-state index < -0.39 is 5.82 Å². The van der Waals surface area contributed by atoms with Crippen molar-refractivity contribution >= 4 is 69.2 Å². The summed E-state index contributed by atoms with van der Waals surface area (Å²) < 4.78 is 14.3. The van der Waals surface area contributed by atoms with Crippen LogP contribution in [0, 0.1) is 5.82 Å². The van der Waals surface area contributed by atoms with Crippen molar-refractivity contribution in [1.29, 1.82) is 0 Å². The molecule has 2 aromatic carbocycles. The summed E-state index contributed by atoms with van der Waals surface area (Å²) in [6.07, 6.45) is 1.42. The largest absolute Gasteiger partial charge is 0.270 e. The molecule has 0 radical (unpaired) electrons. The maximum absolute atomic E-state index is 13.9. The van der Waals surface area contributed by atoms with Crippen molar-refractivity contribution in [2.45, 2.75) is 0 Å². The van der Waals surface area contributed by atoms with Crippen LogP contribution < -0.4 is 4.90 Å². The summed E-state index contributed by atoms with van der Waals surface area (Å²) in [6.45, 7) is 0. The normalized spacial score (nSPS) is 16.5. The Kier molecular flexibility index (Phi) is 4.73. The van der Waals surface area contributed by atoms with E-state index in [1.165, 1.54) is 23.1 Å². The highest BCUT2D eigenvalue weighted by Gasteiger charge is 2.33. The molecule has 23 heavy (non-hydrogen) atoms. The summed E-state index contributed by atoms with van der Waals surface area (Å²) in [4.78, 5) is 14.3. The molecule has 1 aliphatic rings. The lowest BCUT2D eigenvalue weighted by molar-refractivity contribution is -0.113. The molecule has 0 spiro atoms. The monoisotopic (exact) mass is 383 g/mol. The maximum atomic E-state index is 13.9. The minimum Gasteiger partial charge on any atom is -0.268 e. The van der Waals surface area contributed by atoms with Gasteiger partial charge in [-0.2, -0.15) is 0 Å². The van der Waals surface area contributed by atoms with E-state index in [0.29, 0.717) is 19.9 Å². The van der Waals surface area contributed by atoms with Crippen molar-refractivity contribution < 1.29 is 9.18 Å². The predicted molar refractivity (Wildman–Crippen MR) is 98.5 cm³/mol. The van der Waals surface area contributed by atoms with E-state index in [0.717, 1.165) is 11.8 Å². The molecule has 1 saturated heterocycles. The Morgan fingerprint density at radius 1 is 1.13 bits per heavy atom. The zero-order valence-corrected chi connectivity index (χ0v) is 14.6. The summed E-state index contributed by atoms with van der Waals surface area (Å²) in [7, 11) is 0. The average molecular weight is 384 g/mol. The molecular formula is C16H8Cl2FNOS2. The fourth-order valence-electron chi connectivity index (χ4n) is 2.06. The molecule has 0 bridgehead atoms. The van der Waals surface area contributed by atoms with Gasteiger partial charge in [-0.25, -0.2) is 4.39 Å². The van der Waals surface area contributed by atoms with E-state index in [2.05, 4.69) is 0 Å². The van der Waals surface area contributed by atoms with Gasteiger partial charge in [-0.05, 0) is 42.5 Å². The van der Waals surface area contributed by atoms with Crippen molar-refractivity contribution in [2.24, 2.45) is 0 Å². The molecule has 1 amide bonds. The quantitative estimate of drug-likeness (QED) is 0.501. The first-order valence-corrected chi connectivity index (χ1v) is 8.43. The Labute approximate surface area is 151 Å². The van der Waals surface area contributed by atoms with Crippen LogP contribution in [0.1, 0.15) is 5.56 Å². The number of hydrogen-bond donors (Lipinski definition) is 0. The van der Waals surface area contributed by atoms with Gasteiger partial charge in [-0.3, -0.25) is 9.69 Å². The van der Waals surface area contributed by atoms with E-state index in [9.17, 15) is 9.18 Å². The van der Waals surface area contributed by atoms with Crippen LogP contribution in [0.5, 0.6) is 0 Å². The summed E-state index contributed by atoms with van der Waals surface area (Å²) in [5.74, 6) is -0.809. The number of thiocarbonyl (C=S) groups is 1. The number of anilines is 1. The standard InChI is InChI=1S/C16H8Cl2FNOS2/c17-9-4-6-10(7-5-9)20-15(21)14(23-16(20)22)8-11-12(18)2-1-3-13(11)19/h1-8H. The summed E-state index contributed by atoms with van der Waals surface area (Å²) in [5, 5.41) is 0.801. The number of benzene rings is 2. The molecular weight excluding hydrogens is 376 g/mol. The van der Waals surface area contributed by atoms with Gasteiger partial charge in [0.25, 0.3) is 5.91 Å². The summed E-state index contributed by atoms with van der Waals surface area (Å²) in [5.41, 5.74) is 0.783. The SMILES string of the molecule is O=C1C(=Cc2c(F)cccc2Cl)SC(=S)N1c1ccc(Cl)cc1. The number of carbonyl (C=O) groups is 1. The van der Waals surface area contributed by atoms with Gasteiger partial charge in [0.2, 0.25) is 0 Å².